The van der Waals surface area contributed by atoms with Gasteiger partial charge in [-0.3, -0.25) is 4.90 Å². The van der Waals surface area contributed by atoms with Gasteiger partial charge >= 0.3 is 6.03 Å². The number of hydrogen-bond donors (Lipinski definition) is 2. The molecule has 5 heteroatoms. The van der Waals surface area contributed by atoms with E-state index in [1.807, 2.05) is 35.2 Å². The van der Waals surface area contributed by atoms with Crippen LogP contribution in [-0.4, -0.2) is 59.3 Å². The maximum atomic E-state index is 13.1. The molecule has 2 N–H and O–H groups in total. The molecule has 2 aliphatic rings. The van der Waals surface area contributed by atoms with Crippen molar-refractivity contribution in [3.05, 3.63) is 90.0 Å². The van der Waals surface area contributed by atoms with Crippen molar-refractivity contribution in [2.24, 2.45) is 0 Å². The maximum Gasteiger partial charge on any atom is 0.321 e. The van der Waals surface area contributed by atoms with Crippen LogP contribution in [0.5, 0.6) is 0 Å². The van der Waals surface area contributed by atoms with Crippen molar-refractivity contribution in [1.82, 2.24) is 9.80 Å². The van der Waals surface area contributed by atoms with Crippen LogP contribution in [0.1, 0.15) is 29.9 Å². The molecule has 0 saturated carbocycles. The van der Waals surface area contributed by atoms with E-state index in [1.54, 1.807) is 0 Å². The Balaban J connectivity index is 1.34. The topological polar surface area (TPSA) is 55.8 Å². The van der Waals surface area contributed by atoms with Gasteiger partial charge in [-0.1, -0.05) is 72.3 Å². The molecule has 0 aliphatic carbocycles. The minimum Gasteiger partial charge on any atom is -0.395 e. The molecule has 2 saturated heterocycles. The number of carbonyl (C=O) groups excluding carboxylic acids is 1. The number of nitrogens with one attached hydrogen (secondary N) is 1. The third kappa shape index (κ3) is 4.59. The Morgan fingerprint density at radius 1 is 0.912 bits per heavy atom. The molecule has 176 valence electrons. The predicted molar refractivity (Wildman–Crippen MR) is 137 cm³/mol. The number of aliphatic hydroxyl groups excluding tert-OH is 1. The van der Waals surface area contributed by atoms with Gasteiger partial charge < -0.3 is 15.3 Å². The van der Waals surface area contributed by atoms with Crippen molar-refractivity contribution in [3.63, 3.8) is 0 Å². The summed E-state index contributed by atoms with van der Waals surface area (Å²) in [6.07, 6.45) is 2.00. The van der Waals surface area contributed by atoms with Crippen LogP contribution in [0.15, 0.2) is 78.9 Å². The molecule has 3 aromatic carbocycles. The van der Waals surface area contributed by atoms with Gasteiger partial charge in [0.25, 0.3) is 0 Å². The van der Waals surface area contributed by atoms with Gasteiger partial charge in [0.2, 0.25) is 0 Å². The largest absolute Gasteiger partial charge is 0.395 e. The summed E-state index contributed by atoms with van der Waals surface area (Å²) in [6.45, 7) is 4.63. The van der Waals surface area contributed by atoms with E-state index in [0.717, 1.165) is 31.6 Å². The molecule has 34 heavy (non-hydrogen) atoms. The van der Waals surface area contributed by atoms with Crippen LogP contribution in [0.2, 0.25) is 0 Å². The molecule has 2 fully saturated rings. The number of nitrogens with zero attached hydrogens (tertiary/aromatic N) is 2. The highest BCUT2D eigenvalue weighted by atomic mass is 16.3. The Hall–Kier alpha value is -3.15. The summed E-state index contributed by atoms with van der Waals surface area (Å²) >= 11 is 0. The third-order valence-corrected chi connectivity index (χ3v) is 7.36. The van der Waals surface area contributed by atoms with Crippen molar-refractivity contribution < 1.29 is 9.90 Å². The van der Waals surface area contributed by atoms with Crippen LogP contribution in [0.25, 0.3) is 11.1 Å². The van der Waals surface area contributed by atoms with E-state index < -0.39 is 0 Å². The molecule has 0 aromatic heterocycles. The quantitative estimate of drug-likeness (QED) is 0.574. The standard InChI is InChI=1S/C29H33N3O2/c1-21-9-11-22(12-10-21)23-13-15-24(16-14-23)28-26-19-31(17-5-6-18-32(26)27(28)20-33)29(34)30-25-7-3-2-4-8-25/h2-4,7-16,26-28,33H,5-6,17-20H2,1H3,(H,30,34)/t26-,27-,28-/m1/s1. The smallest absolute Gasteiger partial charge is 0.321 e. The summed E-state index contributed by atoms with van der Waals surface area (Å²) in [7, 11) is 0. The summed E-state index contributed by atoms with van der Waals surface area (Å²) in [5, 5.41) is 13.3. The van der Waals surface area contributed by atoms with Gasteiger partial charge in [0.1, 0.15) is 0 Å². The molecular formula is C29H33N3O2. The lowest BCUT2D eigenvalue weighted by atomic mass is 9.74. The van der Waals surface area contributed by atoms with Crippen LogP contribution in [-0.2, 0) is 0 Å². The van der Waals surface area contributed by atoms with Crippen molar-refractivity contribution in [1.29, 1.82) is 0 Å². The van der Waals surface area contributed by atoms with Crippen LogP contribution in [0, 0.1) is 6.92 Å². The first-order valence-corrected chi connectivity index (χ1v) is 12.3. The van der Waals surface area contributed by atoms with Crippen molar-refractivity contribution in [3.8, 4) is 11.1 Å². The van der Waals surface area contributed by atoms with Crippen LogP contribution >= 0.6 is 0 Å². The number of aryl methyl sites for hydroxylation is 1. The van der Waals surface area contributed by atoms with E-state index in [0.29, 0.717) is 6.54 Å². The normalized spacial score (nSPS) is 22.8. The summed E-state index contributed by atoms with van der Waals surface area (Å²) in [5.74, 6) is 0.210. The number of hydrogen-bond acceptors (Lipinski definition) is 3. The number of benzene rings is 3. The van der Waals surface area contributed by atoms with E-state index in [9.17, 15) is 9.90 Å². The van der Waals surface area contributed by atoms with Crippen LogP contribution < -0.4 is 5.32 Å². The van der Waals surface area contributed by atoms with Gasteiger partial charge in [-0.2, -0.15) is 0 Å². The van der Waals surface area contributed by atoms with E-state index in [-0.39, 0.29) is 30.6 Å². The Kier molecular flexibility index (Phi) is 6.66. The van der Waals surface area contributed by atoms with Gasteiger partial charge in [-0.05, 0) is 55.1 Å². The van der Waals surface area contributed by atoms with Gasteiger partial charge in [0.05, 0.1) is 6.61 Å². The number of anilines is 1. The lowest BCUT2D eigenvalue weighted by Gasteiger charge is -2.57. The lowest BCUT2D eigenvalue weighted by molar-refractivity contribution is -0.0585. The highest BCUT2D eigenvalue weighted by Gasteiger charge is 2.49. The number of carbonyl (C=O) groups is 1. The Morgan fingerprint density at radius 2 is 1.56 bits per heavy atom. The maximum absolute atomic E-state index is 13.1. The zero-order valence-electron chi connectivity index (χ0n) is 19.7. The molecule has 2 aliphatic heterocycles. The highest BCUT2D eigenvalue weighted by molar-refractivity contribution is 5.89. The molecule has 3 atom stereocenters. The molecule has 0 unspecified atom stereocenters. The van der Waals surface area contributed by atoms with E-state index in [1.165, 1.54) is 22.3 Å². The van der Waals surface area contributed by atoms with Gasteiger partial charge in [0.15, 0.2) is 0 Å². The Labute approximate surface area is 202 Å². The van der Waals surface area contributed by atoms with Crippen molar-refractivity contribution in [2.75, 3.05) is 31.6 Å². The fraction of sp³-hybridized carbons (Fsp3) is 0.345. The molecule has 0 radical (unpaired) electrons. The van der Waals surface area contributed by atoms with Crippen molar-refractivity contribution >= 4 is 11.7 Å². The summed E-state index contributed by atoms with van der Waals surface area (Å²) in [5.41, 5.74) is 5.71. The average molecular weight is 456 g/mol. The number of urea groups is 1. The molecule has 0 bridgehead atoms. The fourth-order valence-electron chi connectivity index (χ4n) is 5.49. The van der Waals surface area contributed by atoms with E-state index in [2.05, 4.69) is 65.7 Å². The van der Waals surface area contributed by atoms with Crippen LogP contribution in [0.4, 0.5) is 10.5 Å². The van der Waals surface area contributed by atoms with Gasteiger partial charge in [-0.15, -0.1) is 0 Å². The molecule has 5 nitrogen and oxygen atoms in total. The minimum absolute atomic E-state index is 0.0473. The number of aliphatic hydroxyl groups is 1. The second kappa shape index (κ2) is 10.00. The second-order valence-corrected chi connectivity index (χ2v) is 9.52. The number of rotatable bonds is 4. The van der Waals surface area contributed by atoms with E-state index >= 15 is 0 Å². The first-order valence-electron chi connectivity index (χ1n) is 12.3. The number of amides is 2. The highest BCUT2D eigenvalue weighted by Crippen LogP contribution is 2.42. The average Bonchev–Trinajstić information content (AvgIpc) is 2.84. The SMILES string of the molecule is Cc1ccc(-c2ccc([C@H]3[C@@H](CO)N4CCCCN(C(=O)Nc5ccccc5)C[C@H]34)cc2)cc1. The van der Waals surface area contributed by atoms with Crippen molar-refractivity contribution in [2.45, 2.75) is 37.8 Å². The summed E-state index contributed by atoms with van der Waals surface area (Å²) in [4.78, 5) is 17.4. The molecular weight excluding hydrogens is 422 g/mol. The molecule has 2 heterocycles. The second-order valence-electron chi connectivity index (χ2n) is 9.52. The first-order chi connectivity index (χ1) is 16.6. The van der Waals surface area contributed by atoms with Gasteiger partial charge in [-0.25, -0.2) is 4.79 Å². The monoisotopic (exact) mass is 455 g/mol. The zero-order chi connectivity index (χ0) is 23.5. The van der Waals surface area contributed by atoms with Gasteiger partial charge in [0, 0.05) is 36.8 Å². The van der Waals surface area contributed by atoms with E-state index in [4.69, 9.17) is 0 Å². The molecule has 5 rings (SSSR count). The lowest BCUT2D eigenvalue weighted by Crippen LogP contribution is -2.68. The third-order valence-electron chi connectivity index (χ3n) is 7.36. The summed E-state index contributed by atoms with van der Waals surface area (Å²) in [6, 6.07) is 27.3. The number of para-hydroxylation sites is 1. The Bertz CT molecular complexity index is 1100. The van der Waals surface area contributed by atoms with Crippen LogP contribution in [0.3, 0.4) is 0 Å². The number of fused-ring (bicyclic) bond motifs is 1. The molecule has 0 spiro atoms. The predicted octanol–water partition coefficient (Wildman–Crippen LogP) is 5.12. The first kappa shape index (κ1) is 22.6. The molecule has 2 amide bonds. The zero-order valence-corrected chi connectivity index (χ0v) is 19.7. The Morgan fingerprint density at radius 3 is 2.24 bits per heavy atom. The fourth-order valence-corrected chi connectivity index (χ4v) is 5.49. The molecule has 3 aromatic rings. The summed E-state index contributed by atoms with van der Waals surface area (Å²) < 4.78 is 0. The minimum atomic E-state index is -0.0473.